The fourth-order valence-corrected chi connectivity index (χ4v) is 3.07. The van der Waals surface area contributed by atoms with Crippen molar-refractivity contribution in [3.8, 4) is 0 Å². The average Bonchev–Trinajstić information content (AvgIpc) is 2.42. The zero-order valence-corrected chi connectivity index (χ0v) is 12.5. The van der Waals surface area contributed by atoms with Gasteiger partial charge < -0.3 is 5.32 Å². The Morgan fingerprint density at radius 1 is 1.32 bits per heavy atom. The van der Waals surface area contributed by atoms with Gasteiger partial charge in [0, 0.05) is 16.7 Å². The zero-order chi connectivity index (χ0) is 13.2. The average molecular weight is 317 g/mol. The molecule has 0 spiro atoms. The molecular weight excluding hydrogens is 300 g/mol. The summed E-state index contributed by atoms with van der Waals surface area (Å²) in [5.41, 5.74) is 4.14. The second kappa shape index (κ2) is 5.43. The number of halogens is 1. The molecule has 1 heterocycles. The third kappa shape index (κ3) is 2.58. The lowest BCUT2D eigenvalue weighted by atomic mass is 9.74. The normalized spacial score (nSPS) is 18.5. The van der Waals surface area contributed by atoms with Crippen LogP contribution in [0.15, 0.2) is 47.1 Å². The monoisotopic (exact) mass is 316 g/mol. The molecule has 1 aromatic carbocycles. The molecule has 98 valence electrons. The molecule has 2 aromatic rings. The van der Waals surface area contributed by atoms with Crippen LogP contribution in [0.4, 0.5) is 0 Å². The number of benzene rings is 1. The van der Waals surface area contributed by atoms with Crippen LogP contribution in [0.3, 0.4) is 0 Å². The topological polar surface area (TPSA) is 24.9 Å². The number of aromatic nitrogens is 1. The van der Waals surface area contributed by atoms with E-state index in [1.807, 2.05) is 13.2 Å². The Balaban J connectivity index is 1.73. The Labute approximate surface area is 122 Å². The molecule has 0 fully saturated rings. The van der Waals surface area contributed by atoms with E-state index < -0.39 is 0 Å². The molecule has 0 saturated carbocycles. The molecule has 19 heavy (non-hydrogen) atoms. The summed E-state index contributed by atoms with van der Waals surface area (Å²) in [6.07, 6.45) is 4.18. The van der Waals surface area contributed by atoms with Crippen molar-refractivity contribution in [3.63, 3.8) is 0 Å². The first-order valence-electron chi connectivity index (χ1n) is 6.64. The SMILES string of the molecule is CNC(CC1Cc2ccccc21)c1ccc(Br)cn1. The lowest BCUT2D eigenvalue weighted by molar-refractivity contribution is 0.445. The number of hydrogen-bond acceptors (Lipinski definition) is 2. The first-order chi connectivity index (χ1) is 9.28. The van der Waals surface area contributed by atoms with Gasteiger partial charge in [-0.15, -0.1) is 0 Å². The molecule has 3 heteroatoms. The largest absolute Gasteiger partial charge is 0.312 e. The predicted molar refractivity (Wildman–Crippen MR) is 81.2 cm³/mol. The smallest absolute Gasteiger partial charge is 0.0574 e. The van der Waals surface area contributed by atoms with Crippen LogP contribution in [-0.2, 0) is 6.42 Å². The number of nitrogens with one attached hydrogen (secondary N) is 1. The predicted octanol–water partition coefficient (Wildman–Crippen LogP) is 3.83. The first-order valence-corrected chi connectivity index (χ1v) is 7.43. The van der Waals surface area contributed by atoms with E-state index >= 15 is 0 Å². The Morgan fingerprint density at radius 3 is 2.84 bits per heavy atom. The van der Waals surface area contributed by atoms with Gasteiger partial charge in [0.1, 0.15) is 0 Å². The Morgan fingerprint density at radius 2 is 2.16 bits per heavy atom. The van der Waals surface area contributed by atoms with Crippen LogP contribution in [0.1, 0.15) is 35.2 Å². The van der Waals surface area contributed by atoms with Gasteiger partial charge in [0.2, 0.25) is 0 Å². The van der Waals surface area contributed by atoms with Crippen molar-refractivity contribution < 1.29 is 0 Å². The fraction of sp³-hybridized carbons (Fsp3) is 0.312. The molecule has 0 aliphatic heterocycles. The van der Waals surface area contributed by atoms with Crippen molar-refractivity contribution in [2.24, 2.45) is 0 Å². The van der Waals surface area contributed by atoms with E-state index in [0.717, 1.165) is 16.6 Å². The molecular formula is C16H17BrN2. The molecule has 1 aromatic heterocycles. The Hall–Kier alpha value is -1.19. The van der Waals surface area contributed by atoms with Crippen LogP contribution >= 0.6 is 15.9 Å². The number of pyridine rings is 1. The van der Waals surface area contributed by atoms with Crippen molar-refractivity contribution in [1.82, 2.24) is 10.3 Å². The van der Waals surface area contributed by atoms with Gasteiger partial charge in [0.15, 0.2) is 0 Å². The van der Waals surface area contributed by atoms with Crippen LogP contribution in [0.25, 0.3) is 0 Å². The van der Waals surface area contributed by atoms with Gasteiger partial charge in [-0.05, 0) is 65.0 Å². The van der Waals surface area contributed by atoms with Crippen LogP contribution in [0, 0.1) is 0 Å². The maximum absolute atomic E-state index is 4.51. The van der Waals surface area contributed by atoms with Gasteiger partial charge in [0.05, 0.1) is 5.69 Å². The number of rotatable bonds is 4. The minimum absolute atomic E-state index is 0.325. The van der Waals surface area contributed by atoms with E-state index in [1.165, 1.54) is 17.5 Å². The molecule has 1 aliphatic rings. The molecule has 1 aliphatic carbocycles. The standard InChI is InChI=1S/C16H17BrN2/c1-18-16(15-7-6-13(17)10-19-15)9-12-8-11-4-2-3-5-14(11)12/h2-7,10,12,16,18H,8-9H2,1H3. The molecule has 0 amide bonds. The van der Waals surface area contributed by atoms with Crippen LogP contribution in [0.5, 0.6) is 0 Å². The van der Waals surface area contributed by atoms with Gasteiger partial charge in [-0.3, -0.25) is 4.98 Å². The van der Waals surface area contributed by atoms with Gasteiger partial charge in [-0.1, -0.05) is 24.3 Å². The number of nitrogens with zero attached hydrogens (tertiary/aromatic N) is 1. The highest BCUT2D eigenvalue weighted by Crippen LogP contribution is 2.40. The maximum Gasteiger partial charge on any atom is 0.0574 e. The van der Waals surface area contributed by atoms with E-state index in [4.69, 9.17) is 0 Å². The third-order valence-electron chi connectivity index (χ3n) is 3.94. The van der Waals surface area contributed by atoms with E-state index in [0.29, 0.717) is 12.0 Å². The number of hydrogen-bond donors (Lipinski definition) is 1. The summed E-state index contributed by atoms with van der Waals surface area (Å²) in [6, 6.07) is 13.2. The fourth-order valence-electron chi connectivity index (χ4n) is 2.84. The van der Waals surface area contributed by atoms with Crippen LogP contribution in [-0.4, -0.2) is 12.0 Å². The van der Waals surface area contributed by atoms with Crippen molar-refractivity contribution in [2.75, 3.05) is 7.05 Å². The quantitative estimate of drug-likeness (QED) is 0.927. The highest BCUT2D eigenvalue weighted by atomic mass is 79.9. The van der Waals surface area contributed by atoms with Gasteiger partial charge in [-0.25, -0.2) is 0 Å². The van der Waals surface area contributed by atoms with E-state index in [1.54, 1.807) is 0 Å². The molecule has 2 unspecified atom stereocenters. The van der Waals surface area contributed by atoms with Gasteiger partial charge >= 0.3 is 0 Å². The molecule has 0 bridgehead atoms. The Bertz CT molecular complexity index is 565. The van der Waals surface area contributed by atoms with Crippen LogP contribution in [0.2, 0.25) is 0 Å². The van der Waals surface area contributed by atoms with Gasteiger partial charge in [0.25, 0.3) is 0 Å². The van der Waals surface area contributed by atoms with Gasteiger partial charge in [-0.2, -0.15) is 0 Å². The first kappa shape index (κ1) is 12.8. The third-order valence-corrected chi connectivity index (χ3v) is 4.41. The summed E-state index contributed by atoms with van der Waals surface area (Å²) < 4.78 is 1.03. The highest BCUT2D eigenvalue weighted by molar-refractivity contribution is 9.10. The summed E-state index contributed by atoms with van der Waals surface area (Å²) in [7, 11) is 2.01. The lowest BCUT2D eigenvalue weighted by Crippen LogP contribution is -2.25. The van der Waals surface area contributed by atoms with Crippen LogP contribution < -0.4 is 5.32 Å². The Kier molecular flexibility index (Phi) is 3.67. The van der Waals surface area contributed by atoms with Crippen molar-refractivity contribution >= 4 is 15.9 Å². The molecule has 1 N–H and O–H groups in total. The van der Waals surface area contributed by atoms with E-state index in [9.17, 15) is 0 Å². The maximum atomic E-state index is 4.51. The molecule has 0 radical (unpaired) electrons. The second-order valence-electron chi connectivity index (χ2n) is 5.08. The molecule has 2 nitrogen and oxygen atoms in total. The summed E-state index contributed by atoms with van der Waals surface area (Å²) in [5, 5.41) is 3.39. The highest BCUT2D eigenvalue weighted by Gasteiger charge is 2.28. The molecule has 0 saturated heterocycles. The minimum atomic E-state index is 0.325. The molecule has 2 atom stereocenters. The summed E-state index contributed by atoms with van der Waals surface area (Å²) in [4.78, 5) is 4.51. The second-order valence-corrected chi connectivity index (χ2v) is 5.99. The summed E-state index contributed by atoms with van der Waals surface area (Å²) in [5.74, 6) is 0.666. The summed E-state index contributed by atoms with van der Waals surface area (Å²) in [6.45, 7) is 0. The van der Waals surface area contributed by atoms with Crippen molar-refractivity contribution in [3.05, 3.63) is 63.9 Å². The summed E-state index contributed by atoms with van der Waals surface area (Å²) >= 11 is 3.43. The van der Waals surface area contributed by atoms with Crippen molar-refractivity contribution in [2.45, 2.75) is 24.8 Å². The van der Waals surface area contributed by atoms with E-state index in [2.05, 4.69) is 62.6 Å². The number of fused-ring (bicyclic) bond motifs is 1. The van der Waals surface area contributed by atoms with Crippen molar-refractivity contribution in [1.29, 1.82) is 0 Å². The molecule has 3 rings (SSSR count). The zero-order valence-electron chi connectivity index (χ0n) is 10.9. The van der Waals surface area contributed by atoms with E-state index in [-0.39, 0.29) is 0 Å². The minimum Gasteiger partial charge on any atom is -0.312 e. The lowest BCUT2D eigenvalue weighted by Gasteiger charge is -2.32.